The van der Waals surface area contributed by atoms with Crippen molar-refractivity contribution in [2.45, 2.75) is 6.54 Å². The van der Waals surface area contributed by atoms with Gasteiger partial charge in [0.2, 0.25) is 5.91 Å². The first-order valence-electron chi connectivity index (χ1n) is 7.54. The van der Waals surface area contributed by atoms with E-state index >= 15 is 0 Å². The van der Waals surface area contributed by atoms with Crippen LogP contribution in [0.5, 0.6) is 0 Å². The maximum atomic E-state index is 12.6. The number of imide groups is 2. The largest absolute Gasteiger partial charge is 0.335 e. The summed E-state index contributed by atoms with van der Waals surface area (Å²) in [5.74, 6) is -2.48. The number of amides is 4. The lowest BCUT2D eigenvalue weighted by Gasteiger charge is -2.28. The minimum absolute atomic E-state index is 0.334. The van der Waals surface area contributed by atoms with Crippen molar-refractivity contribution >= 4 is 41.3 Å². The molecule has 1 aliphatic rings. The van der Waals surface area contributed by atoms with Crippen LogP contribution >= 0.6 is 11.6 Å². The number of carbonyl (C=O) groups is 3. The third-order valence-electron chi connectivity index (χ3n) is 3.66. The fraction of sp³-hybridized carbons (Fsp3) is 0.111. The number of carbonyl (C=O) groups excluding carboxylic acids is 3. The standard InChI is InChI=1S/C18H14ClN3O3/c19-13-6-8-14(9-7-13)22-17(24)15(16(23)21-18(22)25)11-20-10-12-4-2-1-3-5-12/h1-9,11,15H,10H2,(H,21,23,25)/t15-/m1/s1. The molecule has 1 atom stereocenters. The molecule has 0 spiro atoms. The Morgan fingerprint density at radius 3 is 2.40 bits per heavy atom. The number of hydrogen-bond donors (Lipinski definition) is 1. The molecule has 25 heavy (non-hydrogen) atoms. The molecular formula is C18H14ClN3O3. The number of urea groups is 1. The minimum atomic E-state index is -1.16. The van der Waals surface area contributed by atoms with Crippen LogP contribution in [0.3, 0.4) is 0 Å². The van der Waals surface area contributed by atoms with Gasteiger partial charge in [-0.1, -0.05) is 41.9 Å². The van der Waals surface area contributed by atoms with Gasteiger partial charge in [-0.25, -0.2) is 9.69 Å². The van der Waals surface area contributed by atoms with Crippen molar-refractivity contribution in [1.82, 2.24) is 5.32 Å². The number of nitrogens with zero attached hydrogens (tertiary/aromatic N) is 2. The summed E-state index contributed by atoms with van der Waals surface area (Å²) in [7, 11) is 0. The second kappa shape index (κ2) is 7.27. The Morgan fingerprint density at radius 2 is 1.72 bits per heavy atom. The van der Waals surface area contributed by atoms with Gasteiger partial charge in [0.25, 0.3) is 5.91 Å². The molecule has 0 radical (unpaired) electrons. The maximum absolute atomic E-state index is 12.6. The van der Waals surface area contributed by atoms with Crippen LogP contribution in [0.4, 0.5) is 10.5 Å². The summed E-state index contributed by atoms with van der Waals surface area (Å²) in [6.07, 6.45) is 1.28. The molecule has 4 amide bonds. The van der Waals surface area contributed by atoms with E-state index in [-0.39, 0.29) is 0 Å². The van der Waals surface area contributed by atoms with Crippen LogP contribution in [-0.4, -0.2) is 24.1 Å². The smallest absolute Gasteiger partial charge is 0.291 e. The van der Waals surface area contributed by atoms with E-state index in [1.165, 1.54) is 18.3 Å². The molecule has 126 valence electrons. The van der Waals surface area contributed by atoms with E-state index in [1.807, 2.05) is 30.3 Å². The molecule has 0 aliphatic carbocycles. The second-order valence-electron chi connectivity index (χ2n) is 5.40. The molecule has 1 heterocycles. The van der Waals surface area contributed by atoms with Crippen molar-refractivity contribution in [3.05, 3.63) is 65.2 Å². The van der Waals surface area contributed by atoms with Gasteiger partial charge in [-0.3, -0.25) is 19.9 Å². The zero-order valence-electron chi connectivity index (χ0n) is 13.1. The van der Waals surface area contributed by atoms with Crippen molar-refractivity contribution in [2.75, 3.05) is 4.90 Å². The molecule has 1 fully saturated rings. The fourth-order valence-corrected chi connectivity index (χ4v) is 2.53. The highest BCUT2D eigenvalue weighted by atomic mass is 35.5. The van der Waals surface area contributed by atoms with Crippen LogP contribution in [0.25, 0.3) is 0 Å². The van der Waals surface area contributed by atoms with Crippen molar-refractivity contribution in [2.24, 2.45) is 10.9 Å². The van der Waals surface area contributed by atoms with Crippen molar-refractivity contribution < 1.29 is 14.4 Å². The van der Waals surface area contributed by atoms with Crippen molar-refractivity contribution in [1.29, 1.82) is 0 Å². The number of rotatable bonds is 4. The second-order valence-corrected chi connectivity index (χ2v) is 5.83. The molecule has 1 saturated heterocycles. The fourth-order valence-electron chi connectivity index (χ4n) is 2.40. The third-order valence-corrected chi connectivity index (χ3v) is 3.91. The number of barbiturate groups is 1. The van der Waals surface area contributed by atoms with Gasteiger partial charge in [-0.2, -0.15) is 0 Å². The zero-order chi connectivity index (χ0) is 17.8. The lowest BCUT2D eigenvalue weighted by Crippen LogP contribution is -2.58. The first-order chi connectivity index (χ1) is 12.1. The van der Waals surface area contributed by atoms with Gasteiger partial charge in [0.15, 0.2) is 5.92 Å². The Kier molecular flexibility index (Phi) is 4.90. The Balaban J connectivity index is 1.79. The zero-order valence-corrected chi connectivity index (χ0v) is 13.8. The summed E-state index contributed by atoms with van der Waals surface area (Å²) in [6, 6.07) is 14.8. The van der Waals surface area contributed by atoms with Crippen LogP contribution < -0.4 is 10.2 Å². The first-order valence-corrected chi connectivity index (χ1v) is 7.92. The van der Waals surface area contributed by atoms with E-state index < -0.39 is 23.8 Å². The van der Waals surface area contributed by atoms with Crippen molar-refractivity contribution in [3.8, 4) is 0 Å². The Hall–Kier alpha value is -2.99. The predicted octanol–water partition coefficient (Wildman–Crippen LogP) is 2.81. The van der Waals surface area contributed by atoms with Gasteiger partial charge in [0.05, 0.1) is 12.2 Å². The normalized spacial score (nSPS) is 17.9. The summed E-state index contributed by atoms with van der Waals surface area (Å²) < 4.78 is 0. The van der Waals surface area contributed by atoms with Gasteiger partial charge >= 0.3 is 6.03 Å². The Bertz CT molecular complexity index is 834. The maximum Gasteiger partial charge on any atom is 0.335 e. The lowest BCUT2D eigenvalue weighted by molar-refractivity contribution is -0.131. The van der Waals surface area contributed by atoms with E-state index in [2.05, 4.69) is 10.3 Å². The number of benzene rings is 2. The molecule has 6 nitrogen and oxygen atoms in total. The number of hydrogen-bond acceptors (Lipinski definition) is 4. The molecule has 0 bridgehead atoms. The first kappa shape index (κ1) is 16.9. The molecule has 3 rings (SSSR count). The van der Waals surface area contributed by atoms with E-state index in [4.69, 9.17) is 11.6 Å². The van der Waals surface area contributed by atoms with Crippen LogP contribution in [0.15, 0.2) is 59.6 Å². The van der Waals surface area contributed by atoms with Crippen LogP contribution in [0.1, 0.15) is 5.56 Å². The third kappa shape index (κ3) is 3.75. The van der Waals surface area contributed by atoms with E-state index in [1.54, 1.807) is 12.1 Å². The van der Waals surface area contributed by atoms with E-state index in [0.29, 0.717) is 17.3 Å². The molecule has 0 aromatic heterocycles. The molecule has 1 aliphatic heterocycles. The SMILES string of the molecule is O=C1NC(=O)N(c2ccc(Cl)cc2)C(=O)[C@@H]1C=NCc1ccccc1. The molecular weight excluding hydrogens is 342 g/mol. The Labute approximate surface area is 149 Å². The topological polar surface area (TPSA) is 78.8 Å². The predicted molar refractivity (Wildman–Crippen MR) is 94.6 cm³/mol. The molecule has 0 saturated carbocycles. The van der Waals surface area contributed by atoms with Crippen LogP contribution in [0, 0.1) is 5.92 Å². The summed E-state index contributed by atoms with van der Waals surface area (Å²) in [6.45, 7) is 0.340. The van der Waals surface area contributed by atoms with Gasteiger partial charge < -0.3 is 0 Å². The highest BCUT2D eigenvalue weighted by Crippen LogP contribution is 2.22. The summed E-state index contributed by atoms with van der Waals surface area (Å²) >= 11 is 5.82. The van der Waals surface area contributed by atoms with Gasteiger partial charge in [-0.15, -0.1) is 0 Å². The molecule has 7 heteroatoms. The monoisotopic (exact) mass is 355 g/mol. The summed E-state index contributed by atoms with van der Waals surface area (Å²) in [4.78, 5) is 41.7. The average molecular weight is 356 g/mol. The van der Waals surface area contributed by atoms with Gasteiger partial charge in [0.1, 0.15) is 0 Å². The molecule has 0 unspecified atom stereocenters. The minimum Gasteiger partial charge on any atom is -0.291 e. The lowest BCUT2D eigenvalue weighted by atomic mass is 10.1. The van der Waals surface area contributed by atoms with E-state index in [0.717, 1.165) is 10.5 Å². The van der Waals surface area contributed by atoms with Crippen LogP contribution in [0.2, 0.25) is 5.02 Å². The van der Waals surface area contributed by atoms with Gasteiger partial charge in [-0.05, 0) is 29.8 Å². The van der Waals surface area contributed by atoms with Gasteiger partial charge in [0, 0.05) is 11.2 Å². The van der Waals surface area contributed by atoms with Crippen LogP contribution in [-0.2, 0) is 16.1 Å². The number of nitrogens with one attached hydrogen (secondary N) is 1. The quantitative estimate of drug-likeness (QED) is 0.676. The highest BCUT2D eigenvalue weighted by molar-refractivity contribution is 6.33. The van der Waals surface area contributed by atoms with E-state index in [9.17, 15) is 14.4 Å². The summed E-state index contributed by atoms with van der Waals surface area (Å²) in [5, 5.41) is 2.65. The average Bonchev–Trinajstić information content (AvgIpc) is 2.60. The van der Waals surface area contributed by atoms with Crippen molar-refractivity contribution in [3.63, 3.8) is 0 Å². The molecule has 2 aromatic carbocycles. The number of aliphatic imine (C=N–C) groups is 1. The molecule has 1 N–H and O–H groups in total. The highest BCUT2D eigenvalue weighted by Gasteiger charge is 2.40. The summed E-state index contributed by atoms with van der Waals surface area (Å²) in [5.41, 5.74) is 1.29. The molecule has 2 aromatic rings. The number of halogens is 1. The Morgan fingerprint density at radius 1 is 1.04 bits per heavy atom. The number of anilines is 1.